The Labute approximate surface area is 148 Å². The zero-order chi connectivity index (χ0) is 17.4. The van der Waals surface area contributed by atoms with Crippen LogP contribution in [0.25, 0.3) is 0 Å². The van der Waals surface area contributed by atoms with Crippen LogP contribution >= 0.6 is 0 Å². The Hall–Kier alpha value is -0.830. The normalized spacial score (nSPS) is 34.3. The molecule has 3 nitrogen and oxygen atoms in total. The number of allylic oxidation sites excluding steroid dienone is 2. The lowest BCUT2D eigenvalue weighted by Gasteiger charge is -2.47. The largest absolute Gasteiger partial charge is 0.390 e. The second-order valence-electron chi connectivity index (χ2n) is 9.17. The third-order valence-corrected chi connectivity index (χ3v) is 6.87. The summed E-state index contributed by atoms with van der Waals surface area (Å²) in [5.74, 6) is 0.382. The Bertz CT molecular complexity index is 520. The molecule has 0 unspecified atom stereocenters. The number of aliphatic hydroxyl groups is 1. The molecular weight excluding hydrogens is 296 g/mol. The topological polar surface area (TPSA) is 35.8 Å². The first-order chi connectivity index (χ1) is 11.3. The first-order valence-electron chi connectivity index (χ1n) is 10.0. The summed E-state index contributed by atoms with van der Waals surface area (Å²) in [6.07, 6.45) is 11.0. The zero-order valence-electron chi connectivity index (χ0n) is 16.2. The summed E-state index contributed by atoms with van der Waals surface area (Å²) in [5, 5.41) is 17.9. The highest BCUT2D eigenvalue weighted by atomic mass is 16.3. The summed E-state index contributed by atoms with van der Waals surface area (Å²) >= 11 is 0. The van der Waals surface area contributed by atoms with Crippen molar-refractivity contribution in [2.75, 3.05) is 13.1 Å². The van der Waals surface area contributed by atoms with Gasteiger partial charge in [0, 0.05) is 13.1 Å². The van der Waals surface area contributed by atoms with Crippen LogP contribution in [0.4, 0.5) is 0 Å². The predicted octanol–water partition coefficient (Wildman–Crippen LogP) is 4.91. The van der Waals surface area contributed by atoms with Gasteiger partial charge in [0.15, 0.2) is 0 Å². The van der Waals surface area contributed by atoms with Crippen LogP contribution < -0.4 is 0 Å². The molecule has 0 aromatic carbocycles. The summed E-state index contributed by atoms with van der Waals surface area (Å²) in [6, 6.07) is 0. The summed E-state index contributed by atoms with van der Waals surface area (Å²) in [7, 11) is 0. The zero-order valence-corrected chi connectivity index (χ0v) is 16.2. The van der Waals surface area contributed by atoms with Gasteiger partial charge in [0.1, 0.15) is 0 Å². The molecule has 0 spiro atoms. The van der Waals surface area contributed by atoms with Gasteiger partial charge < -0.3 is 5.11 Å². The minimum absolute atomic E-state index is 0.337. The van der Waals surface area contributed by atoms with Crippen molar-refractivity contribution in [2.45, 2.75) is 91.1 Å². The molecule has 3 aliphatic rings. The van der Waals surface area contributed by atoms with Crippen molar-refractivity contribution in [3.8, 4) is 0 Å². The summed E-state index contributed by atoms with van der Waals surface area (Å²) in [5.41, 5.74) is 4.10. The predicted molar refractivity (Wildman–Crippen MR) is 101 cm³/mol. The van der Waals surface area contributed by atoms with Crippen molar-refractivity contribution in [3.05, 3.63) is 11.1 Å². The maximum absolute atomic E-state index is 10.5. The van der Waals surface area contributed by atoms with Gasteiger partial charge in [-0.05, 0) is 82.6 Å². The molecule has 0 aromatic rings. The van der Waals surface area contributed by atoms with Crippen LogP contribution in [0.15, 0.2) is 16.2 Å². The average molecular weight is 333 g/mol. The molecule has 0 amide bonds. The molecule has 2 atom stereocenters. The van der Waals surface area contributed by atoms with Crippen LogP contribution in [-0.4, -0.2) is 34.5 Å². The third-order valence-electron chi connectivity index (χ3n) is 6.87. The lowest BCUT2D eigenvalue weighted by atomic mass is 9.59. The highest BCUT2D eigenvalue weighted by molar-refractivity contribution is 6.01. The van der Waals surface area contributed by atoms with Crippen LogP contribution in [0.1, 0.15) is 85.5 Å². The highest BCUT2D eigenvalue weighted by Crippen LogP contribution is 2.52. The molecule has 1 saturated carbocycles. The van der Waals surface area contributed by atoms with E-state index in [0.29, 0.717) is 11.3 Å². The van der Waals surface area contributed by atoms with Gasteiger partial charge in [0.2, 0.25) is 0 Å². The highest BCUT2D eigenvalue weighted by Gasteiger charge is 2.43. The fraction of sp³-hybridized carbons (Fsp3) is 0.857. The van der Waals surface area contributed by atoms with Crippen molar-refractivity contribution in [2.24, 2.45) is 16.4 Å². The van der Waals surface area contributed by atoms with E-state index in [9.17, 15) is 5.11 Å². The monoisotopic (exact) mass is 332 g/mol. The van der Waals surface area contributed by atoms with Gasteiger partial charge in [-0.1, -0.05) is 25.3 Å². The fourth-order valence-electron chi connectivity index (χ4n) is 4.93. The number of nitrogens with zero attached hydrogens (tertiary/aromatic N) is 2. The fourth-order valence-corrected chi connectivity index (χ4v) is 4.93. The van der Waals surface area contributed by atoms with Gasteiger partial charge in [-0.3, -0.25) is 5.01 Å². The lowest BCUT2D eigenvalue weighted by Crippen LogP contribution is -2.40. The smallest absolute Gasteiger partial charge is 0.0634 e. The van der Waals surface area contributed by atoms with E-state index in [1.165, 1.54) is 49.8 Å². The van der Waals surface area contributed by atoms with Crippen LogP contribution in [0.3, 0.4) is 0 Å². The Morgan fingerprint density at radius 2 is 1.79 bits per heavy atom. The molecule has 3 rings (SSSR count). The minimum Gasteiger partial charge on any atom is -0.390 e. The van der Waals surface area contributed by atoms with Gasteiger partial charge in [-0.25, -0.2) is 0 Å². The van der Waals surface area contributed by atoms with E-state index in [-0.39, 0.29) is 0 Å². The Morgan fingerprint density at radius 1 is 1.12 bits per heavy atom. The van der Waals surface area contributed by atoms with Crippen LogP contribution in [0, 0.1) is 11.3 Å². The molecule has 24 heavy (non-hydrogen) atoms. The van der Waals surface area contributed by atoms with E-state index >= 15 is 0 Å². The van der Waals surface area contributed by atoms with Crippen molar-refractivity contribution in [1.29, 1.82) is 0 Å². The summed E-state index contributed by atoms with van der Waals surface area (Å²) in [4.78, 5) is 0. The summed E-state index contributed by atoms with van der Waals surface area (Å²) in [6.45, 7) is 10.9. The minimum atomic E-state index is -0.575. The molecule has 1 aliphatic heterocycles. The maximum Gasteiger partial charge on any atom is 0.0634 e. The molecule has 2 fully saturated rings. The van der Waals surface area contributed by atoms with E-state index in [1.54, 1.807) is 5.57 Å². The molecule has 1 heterocycles. The van der Waals surface area contributed by atoms with Gasteiger partial charge in [0.25, 0.3) is 0 Å². The molecule has 1 saturated heterocycles. The molecule has 0 aromatic heterocycles. The van der Waals surface area contributed by atoms with Gasteiger partial charge in [-0.15, -0.1) is 0 Å². The first-order valence-corrected chi connectivity index (χ1v) is 10.0. The van der Waals surface area contributed by atoms with Crippen LogP contribution in [0.5, 0.6) is 0 Å². The van der Waals surface area contributed by atoms with Crippen molar-refractivity contribution in [1.82, 2.24) is 5.01 Å². The average Bonchev–Trinajstić information content (AvgIpc) is 2.78. The molecule has 3 heteroatoms. The van der Waals surface area contributed by atoms with E-state index in [0.717, 1.165) is 32.4 Å². The number of rotatable bonds is 2. The number of hydrogen-bond acceptors (Lipinski definition) is 3. The molecule has 2 aliphatic carbocycles. The quantitative estimate of drug-likeness (QED) is 0.780. The van der Waals surface area contributed by atoms with E-state index in [1.807, 2.05) is 13.8 Å². The second-order valence-corrected chi connectivity index (χ2v) is 9.17. The number of hydrogen-bond donors (Lipinski definition) is 1. The molecule has 0 bridgehead atoms. The Morgan fingerprint density at radius 3 is 2.42 bits per heavy atom. The number of hydrazone groups is 1. The first kappa shape index (κ1) is 18.0. The maximum atomic E-state index is 10.5. The van der Waals surface area contributed by atoms with E-state index < -0.39 is 5.60 Å². The number of fused-ring (bicyclic) bond motifs is 1. The second kappa shape index (κ2) is 6.82. The van der Waals surface area contributed by atoms with Crippen LogP contribution in [0.2, 0.25) is 0 Å². The molecule has 136 valence electrons. The SMILES string of the molecule is CC1=C2C[C@H](C(C)(C)O)CC[C@@]2(C)CCC1=NN1CCCCCC1. The lowest BCUT2D eigenvalue weighted by molar-refractivity contribution is -0.00353. The van der Waals surface area contributed by atoms with Gasteiger partial charge >= 0.3 is 0 Å². The standard InChI is InChI=1S/C21H36N2O/c1-16-18-15-17(20(2,3)24)9-11-21(18,4)12-10-19(16)22-23-13-7-5-6-8-14-23/h17,24H,5-15H2,1-4H3/t17-,21+/m1/s1. The van der Waals surface area contributed by atoms with Crippen LogP contribution in [-0.2, 0) is 0 Å². The van der Waals surface area contributed by atoms with Gasteiger partial charge in [-0.2, -0.15) is 5.10 Å². The Balaban J connectivity index is 1.85. The van der Waals surface area contributed by atoms with Crippen molar-refractivity contribution in [3.63, 3.8) is 0 Å². The third kappa shape index (κ3) is 3.71. The van der Waals surface area contributed by atoms with Crippen molar-refractivity contribution < 1.29 is 5.11 Å². The van der Waals surface area contributed by atoms with Crippen molar-refractivity contribution >= 4 is 5.71 Å². The van der Waals surface area contributed by atoms with E-state index in [4.69, 9.17) is 5.10 Å². The van der Waals surface area contributed by atoms with E-state index in [2.05, 4.69) is 18.9 Å². The summed E-state index contributed by atoms with van der Waals surface area (Å²) < 4.78 is 0. The molecule has 0 radical (unpaired) electrons. The molecular formula is C21H36N2O. The van der Waals surface area contributed by atoms with Gasteiger partial charge in [0.05, 0.1) is 11.3 Å². The molecule has 1 N–H and O–H groups in total. The Kier molecular flexibility index (Phi) is 5.11.